The van der Waals surface area contributed by atoms with Crippen molar-refractivity contribution in [3.63, 3.8) is 0 Å². The van der Waals surface area contributed by atoms with Crippen LogP contribution in [-0.4, -0.2) is 36.4 Å². The maximum Gasteiger partial charge on any atom is 0.239 e. The molecular formula is C12H14N2O3. The van der Waals surface area contributed by atoms with Crippen LogP contribution in [-0.2, 0) is 4.79 Å². The summed E-state index contributed by atoms with van der Waals surface area (Å²) in [4.78, 5) is 24.3. The standard InChI is InChI=1S/C12H14N2O3/c1-8(15)10-3-2-9(6-11(10)16)14-5-4-13-12(17)7-14/h2-3,6,16H,4-5,7H2,1H3,(H,13,17). The molecule has 5 nitrogen and oxygen atoms in total. The molecule has 1 saturated heterocycles. The first-order valence-electron chi connectivity index (χ1n) is 5.43. The third kappa shape index (κ3) is 2.38. The zero-order valence-corrected chi connectivity index (χ0v) is 9.56. The highest BCUT2D eigenvalue weighted by molar-refractivity contribution is 5.97. The maximum atomic E-state index is 11.2. The molecule has 0 spiro atoms. The minimum atomic E-state index is -0.176. The van der Waals surface area contributed by atoms with E-state index in [1.54, 1.807) is 12.1 Å². The first kappa shape index (κ1) is 11.4. The van der Waals surface area contributed by atoms with E-state index in [9.17, 15) is 14.7 Å². The van der Waals surface area contributed by atoms with E-state index >= 15 is 0 Å². The molecule has 2 rings (SSSR count). The van der Waals surface area contributed by atoms with Crippen LogP contribution in [0.3, 0.4) is 0 Å². The molecule has 90 valence electrons. The molecule has 1 aromatic rings. The van der Waals surface area contributed by atoms with Gasteiger partial charge in [-0.2, -0.15) is 0 Å². The number of carbonyl (C=O) groups excluding carboxylic acids is 2. The van der Waals surface area contributed by atoms with Crippen LogP contribution < -0.4 is 10.2 Å². The second kappa shape index (κ2) is 4.45. The van der Waals surface area contributed by atoms with Crippen LogP contribution in [0, 0.1) is 0 Å². The summed E-state index contributed by atoms with van der Waals surface area (Å²) >= 11 is 0. The number of nitrogens with one attached hydrogen (secondary N) is 1. The summed E-state index contributed by atoms with van der Waals surface area (Å²) in [5.74, 6) is -0.252. The largest absolute Gasteiger partial charge is 0.507 e. The predicted molar refractivity (Wildman–Crippen MR) is 63.3 cm³/mol. The van der Waals surface area contributed by atoms with E-state index in [0.717, 1.165) is 5.69 Å². The fraction of sp³-hybridized carbons (Fsp3) is 0.333. The van der Waals surface area contributed by atoms with Gasteiger partial charge in [0.2, 0.25) is 5.91 Å². The minimum absolute atomic E-state index is 0.0358. The number of hydrogen-bond donors (Lipinski definition) is 2. The molecule has 0 bridgehead atoms. The van der Waals surface area contributed by atoms with E-state index in [1.807, 2.05) is 4.90 Å². The molecule has 1 aromatic carbocycles. The molecule has 1 aliphatic rings. The number of amides is 1. The number of rotatable bonds is 2. The van der Waals surface area contributed by atoms with Crippen molar-refractivity contribution in [2.75, 3.05) is 24.5 Å². The van der Waals surface area contributed by atoms with Gasteiger partial charge in [0, 0.05) is 24.8 Å². The van der Waals surface area contributed by atoms with Crippen LogP contribution in [0.25, 0.3) is 0 Å². The van der Waals surface area contributed by atoms with Crippen molar-refractivity contribution >= 4 is 17.4 Å². The first-order valence-corrected chi connectivity index (χ1v) is 5.43. The topological polar surface area (TPSA) is 69.6 Å². The number of aromatic hydroxyl groups is 1. The Kier molecular flexibility index (Phi) is 2.99. The molecule has 1 amide bonds. The number of anilines is 1. The highest BCUT2D eigenvalue weighted by Gasteiger charge is 2.17. The molecule has 0 radical (unpaired) electrons. The molecule has 0 saturated carbocycles. The van der Waals surface area contributed by atoms with Gasteiger partial charge in [0.05, 0.1) is 12.1 Å². The van der Waals surface area contributed by atoms with E-state index in [-0.39, 0.29) is 24.0 Å². The normalized spacial score (nSPS) is 15.6. The zero-order chi connectivity index (χ0) is 12.4. The Hall–Kier alpha value is -2.04. The molecule has 1 aliphatic heterocycles. The molecule has 2 N–H and O–H groups in total. The number of phenols is 1. The molecule has 0 unspecified atom stereocenters. The fourth-order valence-electron chi connectivity index (χ4n) is 1.87. The molecule has 0 aliphatic carbocycles. The van der Waals surface area contributed by atoms with E-state index in [4.69, 9.17) is 0 Å². The van der Waals surface area contributed by atoms with E-state index < -0.39 is 0 Å². The van der Waals surface area contributed by atoms with Gasteiger partial charge in [-0.3, -0.25) is 9.59 Å². The molecule has 17 heavy (non-hydrogen) atoms. The second-order valence-electron chi connectivity index (χ2n) is 4.03. The van der Waals surface area contributed by atoms with Gasteiger partial charge in [0.15, 0.2) is 5.78 Å². The van der Waals surface area contributed by atoms with Crippen molar-refractivity contribution in [2.24, 2.45) is 0 Å². The summed E-state index contributed by atoms with van der Waals surface area (Å²) in [5.41, 5.74) is 1.05. The maximum absolute atomic E-state index is 11.2. The SMILES string of the molecule is CC(=O)c1ccc(N2CCNC(=O)C2)cc1O. The van der Waals surface area contributed by atoms with E-state index in [1.165, 1.54) is 13.0 Å². The van der Waals surface area contributed by atoms with Gasteiger partial charge in [-0.25, -0.2) is 0 Å². The summed E-state index contributed by atoms with van der Waals surface area (Å²) < 4.78 is 0. The lowest BCUT2D eigenvalue weighted by atomic mass is 10.1. The number of phenolic OH excluding ortho intramolecular Hbond substituents is 1. The average Bonchev–Trinajstić information content (AvgIpc) is 2.28. The van der Waals surface area contributed by atoms with Crippen molar-refractivity contribution in [2.45, 2.75) is 6.92 Å². The van der Waals surface area contributed by atoms with Crippen LogP contribution in [0.15, 0.2) is 18.2 Å². The Labute approximate surface area is 99.0 Å². The Morgan fingerprint density at radius 3 is 2.82 bits per heavy atom. The Bertz CT molecular complexity index is 471. The molecular weight excluding hydrogens is 220 g/mol. The van der Waals surface area contributed by atoms with Gasteiger partial charge < -0.3 is 15.3 Å². The molecule has 5 heteroatoms. The van der Waals surface area contributed by atoms with E-state index in [2.05, 4.69) is 5.32 Å². The second-order valence-corrected chi connectivity index (χ2v) is 4.03. The van der Waals surface area contributed by atoms with Crippen molar-refractivity contribution in [1.82, 2.24) is 5.32 Å². The number of hydrogen-bond acceptors (Lipinski definition) is 4. The van der Waals surface area contributed by atoms with Crippen molar-refractivity contribution in [1.29, 1.82) is 0 Å². The molecule has 1 heterocycles. The quantitative estimate of drug-likeness (QED) is 0.732. The third-order valence-electron chi connectivity index (χ3n) is 2.76. The van der Waals surface area contributed by atoms with Gasteiger partial charge in [-0.15, -0.1) is 0 Å². The van der Waals surface area contributed by atoms with Gasteiger partial charge in [0.1, 0.15) is 5.75 Å². The van der Waals surface area contributed by atoms with Crippen LogP contribution in [0.1, 0.15) is 17.3 Å². The number of ketones is 1. The Balaban J connectivity index is 2.25. The smallest absolute Gasteiger partial charge is 0.239 e. The average molecular weight is 234 g/mol. The monoisotopic (exact) mass is 234 g/mol. The van der Waals surface area contributed by atoms with E-state index in [0.29, 0.717) is 18.7 Å². The number of benzene rings is 1. The zero-order valence-electron chi connectivity index (χ0n) is 9.56. The van der Waals surface area contributed by atoms with Crippen molar-refractivity contribution in [3.05, 3.63) is 23.8 Å². The minimum Gasteiger partial charge on any atom is -0.507 e. The van der Waals surface area contributed by atoms with Crippen molar-refractivity contribution in [3.8, 4) is 5.75 Å². The lowest BCUT2D eigenvalue weighted by Gasteiger charge is -2.28. The number of carbonyl (C=O) groups is 2. The number of Topliss-reactive ketones (excluding diaryl/α,β-unsaturated/α-hetero) is 1. The summed E-state index contributed by atoms with van der Waals surface area (Å²) in [6.45, 7) is 2.97. The first-order chi connectivity index (χ1) is 8.08. The Morgan fingerprint density at radius 1 is 1.47 bits per heavy atom. The molecule has 1 fully saturated rings. The predicted octanol–water partition coefficient (Wildman–Crippen LogP) is 0.531. The number of piperazine rings is 1. The van der Waals surface area contributed by atoms with Crippen LogP contribution in [0.4, 0.5) is 5.69 Å². The van der Waals surface area contributed by atoms with Crippen LogP contribution in [0.2, 0.25) is 0 Å². The molecule has 0 atom stereocenters. The van der Waals surface area contributed by atoms with Crippen LogP contribution in [0.5, 0.6) is 5.75 Å². The highest BCUT2D eigenvalue weighted by Crippen LogP contribution is 2.25. The highest BCUT2D eigenvalue weighted by atomic mass is 16.3. The summed E-state index contributed by atoms with van der Waals surface area (Å²) in [6.07, 6.45) is 0. The number of nitrogens with zero attached hydrogens (tertiary/aromatic N) is 1. The Morgan fingerprint density at radius 2 is 2.24 bits per heavy atom. The molecule has 0 aromatic heterocycles. The van der Waals surface area contributed by atoms with Gasteiger partial charge in [0.25, 0.3) is 0 Å². The van der Waals surface area contributed by atoms with Crippen LogP contribution >= 0.6 is 0 Å². The van der Waals surface area contributed by atoms with Gasteiger partial charge >= 0.3 is 0 Å². The van der Waals surface area contributed by atoms with Gasteiger partial charge in [-0.05, 0) is 19.1 Å². The lowest BCUT2D eigenvalue weighted by Crippen LogP contribution is -2.47. The third-order valence-corrected chi connectivity index (χ3v) is 2.76. The fourth-order valence-corrected chi connectivity index (χ4v) is 1.87. The lowest BCUT2D eigenvalue weighted by molar-refractivity contribution is -0.120. The van der Waals surface area contributed by atoms with Crippen molar-refractivity contribution < 1.29 is 14.7 Å². The summed E-state index contributed by atoms with van der Waals surface area (Å²) in [7, 11) is 0. The summed E-state index contributed by atoms with van der Waals surface area (Å²) in [5, 5.41) is 12.4. The summed E-state index contributed by atoms with van der Waals surface area (Å²) in [6, 6.07) is 4.85. The van der Waals surface area contributed by atoms with Gasteiger partial charge in [-0.1, -0.05) is 0 Å².